The number of aliphatic hydroxyl groups excluding tert-OH is 8. The van der Waals surface area contributed by atoms with E-state index in [0.717, 1.165) is 83.5 Å². The molecule has 0 aromatic carbocycles. The number of amides is 1. The van der Waals surface area contributed by atoms with Crippen molar-refractivity contribution < 1.29 is 64.6 Å². The van der Waals surface area contributed by atoms with Crippen molar-refractivity contribution in [3.8, 4) is 0 Å². The number of rotatable bonds is 47. The average molecular weight is 1090 g/mol. The predicted octanol–water partition coefficient (Wildman–Crippen LogP) is 10.5. The molecule has 1 amide bonds. The van der Waals surface area contributed by atoms with Crippen molar-refractivity contribution in [3.63, 3.8) is 0 Å². The Kier molecular flexibility index (Phi) is 43.7. The van der Waals surface area contributed by atoms with Gasteiger partial charge in [-0.25, -0.2) is 0 Å². The standard InChI is InChI=1S/C63H109NO13/c1-3-5-7-9-11-13-15-17-19-20-21-22-23-24-25-26-27-28-29-30-31-32-33-35-37-39-41-43-45-47-55(68)64-51(52(67)46-44-42-40-38-36-34-18-16-14-12-10-8-6-4-2)50-74-62-60(73)58(71)61(54(49-66)76-62)77-63-59(72)57(70)56(69)53(48-65)75-63/h5,7,11,13,17,19,21-22,24-25,27-28,44,46,51-54,56-63,65-67,69-73H,3-4,6,8-10,12,14-16,18,20,23,26,29-43,45,47-50H2,1-2H3,(H,64,68)/b7-5-,13-11-,19-17-,22-21-,25-24-,28-27-,46-44+. The van der Waals surface area contributed by atoms with Crippen molar-refractivity contribution in [2.75, 3.05) is 19.8 Å². The van der Waals surface area contributed by atoms with Crippen LogP contribution in [0.3, 0.4) is 0 Å². The third-order valence-corrected chi connectivity index (χ3v) is 14.3. The maximum Gasteiger partial charge on any atom is 0.220 e. The van der Waals surface area contributed by atoms with Crippen LogP contribution in [0.15, 0.2) is 85.1 Å². The first-order valence-corrected chi connectivity index (χ1v) is 30.3. The lowest BCUT2D eigenvalue weighted by atomic mass is 9.97. The van der Waals surface area contributed by atoms with E-state index >= 15 is 0 Å². The van der Waals surface area contributed by atoms with Crippen molar-refractivity contribution in [1.29, 1.82) is 0 Å². The van der Waals surface area contributed by atoms with E-state index in [0.29, 0.717) is 6.42 Å². The van der Waals surface area contributed by atoms with Crippen LogP contribution in [0.1, 0.15) is 213 Å². The van der Waals surface area contributed by atoms with Crippen LogP contribution in [-0.4, -0.2) is 140 Å². The highest BCUT2D eigenvalue weighted by Gasteiger charge is 2.51. The molecule has 2 heterocycles. The van der Waals surface area contributed by atoms with Crippen molar-refractivity contribution in [1.82, 2.24) is 5.32 Å². The summed E-state index contributed by atoms with van der Waals surface area (Å²) in [5, 5.41) is 87.1. The molecule has 0 saturated carbocycles. The Labute approximate surface area is 465 Å². The number of carbonyl (C=O) groups is 1. The van der Waals surface area contributed by atoms with Crippen LogP contribution in [0.5, 0.6) is 0 Å². The molecule has 9 N–H and O–H groups in total. The summed E-state index contributed by atoms with van der Waals surface area (Å²) in [7, 11) is 0. The summed E-state index contributed by atoms with van der Waals surface area (Å²) in [5.41, 5.74) is 0. The third kappa shape index (κ3) is 33.5. The van der Waals surface area contributed by atoms with Gasteiger partial charge in [-0.1, -0.05) is 221 Å². The molecule has 0 radical (unpaired) electrons. The molecule has 77 heavy (non-hydrogen) atoms. The third-order valence-electron chi connectivity index (χ3n) is 14.3. The van der Waals surface area contributed by atoms with E-state index < -0.39 is 86.8 Å². The molecule has 444 valence electrons. The van der Waals surface area contributed by atoms with Crippen LogP contribution in [0.4, 0.5) is 0 Å². The van der Waals surface area contributed by atoms with E-state index in [1.807, 2.05) is 6.08 Å². The highest BCUT2D eigenvalue weighted by atomic mass is 16.7. The first-order chi connectivity index (χ1) is 37.6. The first kappa shape index (κ1) is 70.3. The zero-order valence-corrected chi connectivity index (χ0v) is 47.7. The van der Waals surface area contributed by atoms with E-state index in [2.05, 4.69) is 92.1 Å². The fourth-order valence-electron chi connectivity index (χ4n) is 9.47. The molecule has 14 nitrogen and oxygen atoms in total. The number of hydrogen-bond donors (Lipinski definition) is 9. The van der Waals surface area contributed by atoms with Gasteiger partial charge in [0.1, 0.15) is 48.8 Å². The summed E-state index contributed by atoms with van der Waals surface area (Å²) in [6.45, 7) is 2.67. The van der Waals surface area contributed by atoms with Gasteiger partial charge in [-0.3, -0.25) is 4.79 Å². The SMILES string of the molecule is CC/C=C\C/C=C\C/C=C\C/C=C\C/C=C\C/C=C\CCCCCCCCCCCCC(=O)NC(COC1OC(CO)C(OC2OC(CO)C(O)C(O)C2O)C(O)C1O)C(O)/C=C/CCCCCCCCCCCCCC. The van der Waals surface area contributed by atoms with Crippen molar-refractivity contribution in [2.45, 2.75) is 286 Å². The van der Waals surface area contributed by atoms with Crippen LogP contribution in [0.25, 0.3) is 0 Å². The zero-order valence-electron chi connectivity index (χ0n) is 47.7. The van der Waals surface area contributed by atoms with Crippen LogP contribution in [0.2, 0.25) is 0 Å². The fraction of sp³-hybridized carbons (Fsp3) is 0.762. The van der Waals surface area contributed by atoms with Gasteiger partial charge in [0.15, 0.2) is 12.6 Å². The number of nitrogens with one attached hydrogen (secondary N) is 1. The molecule has 2 aliphatic rings. The molecule has 0 bridgehead atoms. The smallest absolute Gasteiger partial charge is 0.220 e. The van der Waals surface area contributed by atoms with Gasteiger partial charge >= 0.3 is 0 Å². The summed E-state index contributed by atoms with van der Waals surface area (Å²) in [4.78, 5) is 13.3. The predicted molar refractivity (Wildman–Crippen MR) is 309 cm³/mol. The van der Waals surface area contributed by atoms with E-state index in [-0.39, 0.29) is 18.9 Å². The summed E-state index contributed by atoms with van der Waals surface area (Å²) in [6.07, 6.45) is 47.6. The Morgan fingerprint density at radius 1 is 0.481 bits per heavy atom. The number of hydrogen-bond acceptors (Lipinski definition) is 13. The van der Waals surface area contributed by atoms with Crippen LogP contribution < -0.4 is 5.32 Å². The Morgan fingerprint density at radius 2 is 0.896 bits per heavy atom. The Balaban J connectivity index is 1.71. The van der Waals surface area contributed by atoms with E-state index in [9.17, 15) is 45.6 Å². The summed E-state index contributed by atoms with van der Waals surface area (Å²) < 4.78 is 22.8. The number of allylic oxidation sites excluding steroid dienone is 13. The Bertz CT molecular complexity index is 1610. The lowest BCUT2D eigenvalue weighted by Crippen LogP contribution is -2.65. The number of unbranched alkanes of at least 4 members (excludes halogenated alkanes) is 22. The Hall–Kier alpha value is -2.83. The molecular formula is C63H109NO13. The van der Waals surface area contributed by atoms with Gasteiger partial charge in [0.25, 0.3) is 0 Å². The molecule has 0 aliphatic carbocycles. The number of ether oxygens (including phenoxy) is 4. The number of carbonyl (C=O) groups excluding carboxylic acids is 1. The van der Waals surface area contributed by atoms with Crippen molar-refractivity contribution in [2.24, 2.45) is 0 Å². The van der Waals surface area contributed by atoms with E-state index in [1.54, 1.807) is 6.08 Å². The molecule has 0 aromatic rings. The molecule has 12 atom stereocenters. The molecule has 2 saturated heterocycles. The van der Waals surface area contributed by atoms with Crippen LogP contribution in [-0.2, 0) is 23.7 Å². The molecule has 0 spiro atoms. The van der Waals surface area contributed by atoms with Gasteiger partial charge in [0, 0.05) is 6.42 Å². The molecule has 2 rings (SSSR count). The minimum Gasteiger partial charge on any atom is -0.394 e. The minimum absolute atomic E-state index is 0.248. The van der Waals surface area contributed by atoms with Gasteiger partial charge in [-0.2, -0.15) is 0 Å². The number of aliphatic hydroxyl groups is 8. The largest absolute Gasteiger partial charge is 0.394 e. The highest BCUT2D eigenvalue weighted by Crippen LogP contribution is 2.30. The molecule has 14 heteroatoms. The average Bonchev–Trinajstić information content (AvgIpc) is 3.43. The van der Waals surface area contributed by atoms with Gasteiger partial charge in [-0.15, -0.1) is 0 Å². The fourth-order valence-corrected chi connectivity index (χ4v) is 9.47. The molecule has 2 fully saturated rings. The van der Waals surface area contributed by atoms with Gasteiger partial charge < -0.3 is 65.1 Å². The quantitative estimate of drug-likeness (QED) is 0.0204. The first-order valence-electron chi connectivity index (χ1n) is 30.3. The Morgan fingerprint density at radius 3 is 1.38 bits per heavy atom. The molecule has 12 unspecified atom stereocenters. The minimum atomic E-state index is -1.79. The topological polar surface area (TPSA) is 228 Å². The van der Waals surface area contributed by atoms with Gasteiger partial charge in [-0.05, 0) is 70.6 Å². The van der Waals surface area contributed by atoms with Crippen molar-refractivity contribution in [3.05, 3.63) is 85.1 Å². The second-order valence-corrected chi connectivity index (χ2v) is 21.1. The molecular weight excluding hydrogens is 979 g/mol. The van der Waals surface area contributed by atoms with Crippen LogP contribution in [0, 0.1) is 0 Å². The van der Waals surface area contributed by atoms with Gasteiger partial charge in [0.05, 0.1) is 32.0 Å². The van der Waals surface area contributed by atoms with E-state index in [1.165, 1.54) is 103 Å². The lowest BCUT2D eigenvalue weighted by Gasteiger charge is -2.46. The zero-order chi connectivity index (χ0) is 56.0. The second kappa shape index (κ2) is 47.9. The monoisotopic (exact) mass is 1090 g/mol. The van der Waals surface area contributed by atoms with Crippen molar-refractivity contribution >= 4 is 5.91 Å². The lowest BCUT2D eigenvalue weighted by molar-refractivity contribution is -0.359. The molecule has 2 aliphatic heterocycles. The second-order valence-electron chi connectivity index (χ2n) is 21.1. The summed E-state index contributed by atoms with van der Waals surface area (Å²) in [6, 6.07) is -0.921. The normalized spacial score (nSPS) is 25.3. The molecule has 0 aromatic heterocycles. The summed E-state index contributed by atoms with van der Waals surface area (Å²) in [5.74, 6) is -0.248. The maximum atomic E-state index is 13.3. The highest BCUT2D eigenvalue weighted by molar-refractivity contribution is 5.76. The maximum absolute atomic E-state index is 13.3. The van der Waals surface area contributed by atoms with Gasteiger partial charge in [0.2, 0.25) is 5.91 Å². The van der Waals surface area contributed by atoms with Crippen LogP contribution >= 0.6 is 0 Å². The van der Waals surface area contributed by atoms with E-state index in [4.69, 9.17) is 18.9 Å². The summed E-state index contributed by atoms with van der Waals surface area (Å²) >= 11 is 0.